The van der Waals surface area contributed by atoms with Gasteiger partial charge in [0, 0.05) is 0 Å². The van der Waals surface area contributed by atoms with E-state index in [1.165, 1.54) is 57.8 Å². The molecule has 3 heteroatoms. The Kier molecular flexibility index (Phi) is 14.7. The maximum absolute atomic E-state index is 5.65. The van der Waals surface area contributed by atoms with Crippen molar-refractivity contribution in [2.75, 3.05) is 6.54 Å². The van der Waals surface area contributed by atoms with Gasteiger partial charge in [-0.25, -0.2) is 0 Å². The molecule has 0 aromatic heterocycles. The van der Waals surface area contributed by atoms with Gasteiger partial charge in [0.25, 0.3) is 0 Å². The second kappa shape index (κ2) is 14.8. The van der Waals surface area contributed by atoms with E-state index >= 15 is 0 Å². The summed E-state index contributed by atoms with van der Waals surface area (Å²) in [6.45, 7) is 11.3. The number of unbranched alkanes of at least 4 members (excludes halogenated alkanes) is 9. The maximum atomic E-state index is 5.65. The molecule has 0 aromatic carbocycles. The first-order valence-electron chi connectivity index (χ1n) is 9.17. The lowest BCUT2D eigenvalue weighted by Gasteiger charge is -2.24. The smallest absolute Gasteiger partial charge is 0.0763 e. The lowest BCUT2D eigenvalue weighted by molar-refractivity contribution is -0.394. The molecule has 0 aliphatic heterocycles. The van der Waals surface area contributed by atoms with E-state index < -0.39 is 0 Å². The van der Waals surface area contributed by atoms with Gasteiger partial charge in [0.05, 0.1) is 18.8 Å². The molecule has 0 spiro atoms. The summed E-state index contributed by atoms with van der Waals surface area (Å²) >= 11 is 0. The van der Waals surface area contributed by atoms with Crippen LogP contribution in [0.5, 0.6) is 0 Å². The second-order valence-electron chi connectivity index (χ2n) is 6.55. The Bertz CT molecular complexity index is 197. The molecule has 0 fully saturated rings. The highest BCUT2D eigenvalue weighted by Gasteiger charge is 2.10. The van der Waals surface area contributed by atoms with Crippen molar-refractivity contribution in [2.45, 2.75) is 111 Å². The van der Waals surface area contributed by atoms with Crippen LogP contribution in [0.3, 0.4) is 0 Å². The summed E-state index contributed by atoms with van der Waals surface area (Å²) < 4.78 is 0. The van der Waals surface area contributed by atoms with Crippen molar-refractivity contribution in [1.29, 1.82) is 0 Å². The number of nitrogens with zero attached hydrogens (tertiary/aromatic N) is 1. The number of hydrogen-bond acceptors (Lipinski definition) is 3. The van der Waals surface area contributed by atoms with Crippen molar-refractivity contribution in [3.8, 4) is 0 Å². The number of rotatable bonds is 15. The Hall–Kier alpha value is -0.120. The fourth-order valence-electron chi connectivity index (χ4n) is 2.33. The van der Waals surface area contributed by atoms with Crippen LogP contribution in [0.15, 0.2) is 0 Å². The number of hydroxylamine groups is 2. The van der Waals surface area contributed by atoms with Gasteiger partial charge < -0.3 is 0 Å². The molecular weight excluding hydrogens is 262 g/mol. The highest BCUT2D eigenvalue weighted by atomic mass is 17.0. The summed E-state index contributed by atoms with van der Waals surface area (Å²) in [5.41, 5.74) is 0. The van der Waals surface area contributed by atoms with E-state index in [9.17, 15) is 0 Å². The lowest BCUT2D eigenvalue weighted by atomic mass is 10.1. The van der Waals surface area contributed by atoms with Crippen LogP contribution in [-0.2, 0) is 9.68 Å². The standard InChI is InChI=1S/C18H39NO2/c1-6-7-8-9-10-11-12-13-14-15-16-19(20-17(2)3)21-18(4)5/h17-18H,6-16H2,1-5H3. The maximum Gasteiger partial charge on any atom is 0.0763 e. The van der Waals surface area contributed by atoms with Crippen LogP contribution >= 0.6 is 0 Å². The third-order valence-electron chi connectivity index (χ3n) is 3.35. The molecule has 0 aliphatic rings. The molecule has 0 aliphatic carbocycles. The van der Waals surface area contributed by atoms with Crippen LogP contribution < -0.4 is 0 Å². The van der Waals surface area contributed by atoms with E-state index in [0.717, 1.165) is 13.0 Å². The molecular formula is C18H39NO2. The van der Waals surface area contributed by atoms with Crippen molar-refractivity contribution in [3.05, 3.63) is 0 Å². The summed E-state index contributed by atoms with van der Waals surface area (Å²) in [5.74, 6) is 0. The summed E-state index contributed by atoms with van der Waals surface area (Å²) in [7, 11) is 0. The molecule has 3 nitrogen and oxygen atoms in total. The molecule has 21 heavy (non-hydrogen) atoms. The van der Waals surface area contributed by atoms with Crippen molar-refractivity contribution >= 4 is 0 Å². The average Bonchev–Trinajstić information content (AvgIpc) is 2.39. The van der Waals surface area contributed by atoms with Gasteiger partial charge in [-0.1, -0.05) is 69.9 Å². The van der Waals surface area contributed by atoms with Gasteiger partial charge in [0.2, 0.25) is 0 Å². The zero-order valence-corrected chi connectivity index (χ0v) is 15.2. The number of hydrogen-bond donors (Lipinski definition) is 0. The van der Waals surface area contributed by atoms with Gasteiger partial charge in [0.1, 0.15) is 0 Å². The largest absolute Gasteiger partial charge is 0.271 e. The third-order valence-corrected chi connectivity index (χ3v) is 3.35. The fraction of sp³-hybridized carbons (Fsp3) is 1.00. The molecule has 0 radical (unpaired) electrons. The van der Waals surface area contributed by atoms with Crippen LogP contribution in [0.2, 0.25) is 0 Å². The predicted molar refractivity (Wildman–Crippen MR) is 91.0 cm³/mol. The molecule has 0 saturated carbocycles. The fourth-order valence-corrected chi connectivity index (χ4v) is 2.33. The van der Waals surface area contributed by atoms with E-state index in [1.807, 2.05) is 27.7 Å². The van der Waals surface area contributed by atoms with E-state index in [-0.39, 0.29) is 12.2 Å². The van der Waals surface area contributed by atoms with Gasteiger partial charge in [-0.2, -0.15) is 0 Å². The van der Waals surface area contributed by atoms with Gasteiger partial charge >= 0.3 is 0 Å². The second-order valence-corrected chi connectivity index (χ2v) is 6.55. The normalized spacial score (nSPS) is 12.0. The molecule has 0 atom stereocenters. The Labute approximate surface area is 133 Å². The Morgan fingerprint density at radius 3 is 1.38 bits per heavy atom. The first-order chi connectivity index (χ1) is 10.1. The lowest BCUT2D eigenvalue weighted by Crippen LogP contribution is -2.31. The first-order valence-corrected chi connectivity index (χ1v) is 9.17. The monoisotopic (exact) mass is 301 g/mol. The van der Waals surface area contributed by atoms with Gasteiger partial charge in [-0.15, -0.1) is 0 Å². The topological polar surface area (TPSA) is 21.7 Å². The Morgan fingerprint density at radius 2 is 1.00 bits per heavy atom. The van der Waals surface area contributed by atoms with Crippen molar-refractivity contribution < 1.29 is 9.68 Å². The molecule has 0 N–H and O–H groups in total. The minimum Gasteiger partial charge on any atom is -0.271 e. The minimum absolute atomic E-state index is 0.173. The highest BCUT2D eigenvalue weighted by molar-refractivity contribution is 4.48. The molecule has 0 unspecified atom stereocenters. The van der Waals surface area contributed by atoms with E-state index in [4.69, 9.17) is 9.68 Å². The molecule has 0 heterocycles. The van der Waals surface area contributed by atoms with E-state index in [2.05, 4.69) is 6.92 Å². The van der Waals surface area contributed by atoms with Crippen LogP contribution in [-0.4, -0.2) is 24.0 Å². The van der Waals surface area contributed by atoms with Crippen molar-refractivity contribution in [2.24, 2.45) is 0 Å². The summed E-state index contributed by atoms with van der Waals surface area (Å²) in [5, 5.41) is 1.68. The van der Waals surface area contributed by atoms with Crippen LogP contribution in [0.1, 0.15) is 98.8 Å². The van der Waals surface area contributed by atoms with Gasteiger partial charge in [-0.3, -0.25) is 9.68 Å². The minimum atomic E-state index is 0.173. The Morgan fingerprint density at radius 1 is 0.619 bits per heavy atom. The Balaban J connectivity index is 3.44. The quantitative estimate of drug-likeness (QED) is 0.278. The van der Waals surface area contributed by atoms with Gasteiger partial charge in [0.15, 0.2) is 0 Å². The van der Waals surface area contributed by atoms with Crippen molar-refractivity contribution in [1.82, 2.24) is 5.23 Å². The van der Waals surface area contributed by atoms with Crippen molar-refractivity contribution in [3.63, 3.8) is 0 Å². The van der Waals surface area contributed by atoms with Crippen LogP contribution in [0, 0.1) is 0 Å². The predicted octanol–water partition coefficient (Wildman–Crippen LogP) is 5.89. The molecule has 0 saturated heterocycles. The first kappa shape index (κ1) is 20.9. The zero-order valence-electron chi connectivity index (χ0n) is 15.2. The molecule has 0 amide bonds. The van der Waals surface area contributed by atoms with E-state index in [1.54, 1.807) is 5.23 Å². The third kappa shape index (κ3) is 16.1. The summed E-state index contributed by atoms with van der Waals surface area (Å²) in [4.78, 5) is 11.3. The van der Waals surface area contributed by atoms with E-state index in [0.29, 0.717) is 0 Å². The van der Waals surface area contributed by atoms with Gasteiger partial charge in [-0.05, 0) is 34.1 Å². The van der Waals surface area contributed by atoms with Crippen LogP contribution in [0.25, 0.3) is 0 Å². The molecule has 0 rings (SSSR count). The summed E-state index contributed by atoms with van der Waals surface area (Å²) in [6.07, 6.45) is 13.9. The molecule has 128 valence electrons. The van der Waals surface area contributed by atoms with Crippen LogP contribution in [0.4, 0.5) is 0 Å². The molecule has 0 aromatic rings. The zero-order chi connectivity index (χ0) is 15.9. The highest BCUT2D eigenvalue weighted by Crippen LogP contribution is 2.11. The summed E-state index contributed by atoms with van der Waals surface area (Å²) in [6, 6.07) is 0. The average molecular weight is 302 g/mol. The SMILES string of the molecule is CCCCCCCCCCCCN(OC(C)C)OC(C)C. The molecule has 0 bridgehead atoms.